The molecule has 0 aliphatic rings. The molecule has 0 amide bonds. The molecular weight excluding hydrogens is 154 g/mol. The van der Waals surface area contributed by atoms with Gasteiger partial charge in [-0.25, -0.2) is 0 Å². The van der Waals surface area contributed by atoms with Crippen molar-refractivity contribution in [2.75, 3.05) is 13.2 Å². The van der Waals surface area contributed by atoms with E-state index in [1.165, 1.54) is 0 Å². The predicted octanol–water partition coefficient (Wildman–Crippen LogP) is -0.269. The van der Waals surface area contributed by atoms with Gasteiger partial charge in [0, 0.05) is 13.2 Å². The van der Waals surface area contributed by atoms with Gasteiger partial charge < -0.3 is 10.2 Å². The number of hydrogen-bond donors (Lipinski definition) is 3. The van der Waals surface area contributed by atoms with Crippen molar-refractivity contribution < 1.29 is 10.2 Å². The zero-order valence-corrected chi connectivity index (χ0v) is 7.67. The summed E-state index contributed by atoms with van der Waals surface area (Å²) >= 11 is 0. The molecular formula is C9H17NO2. The Labute approximate surface area is 73.8 Å². The smallest absolute Gasteiger partial charge is 0.0742 e. The molecule has 70 valence electrons. The normalized spacial score (nSPS) is 13.9. The summed E-state index contributed by atoms with van der Waals surface area (Å²) in [6, 6.07) is 0. The van der Waals surface area contributed by atoms with Gasteiger partial charge >= 0.3 is 0 Å². The third kappa shape index (κ3) is 5.14. The maximum absolute atomic E-state index is 9.22. The molecule has 3 N–H and O–H groups in total. The van der Waals surface area contributed by atoms with Gasteiger partial charge in [0.25, 0.3) is 0 Å². The van der Waals surface area contributed by atoms with E-state index < -0.39 is 11.6 Å². The fourth-order valence-electron chi connectivity index (χ4n) is 0.675. The Balaban J connectivity index is 3.62. The number of aliphatic hydroxyl groups is 2. The highest BCUT2D eigenvalue weighted by atomic mass is 16.3. The molecule has 0 radical (unpaired) electrons. The van der Waals surface area contributed by atoms with E-state index in [2.05, 4.69) is 11.2 Å². The van der Waals surface area contributed by atoms with Gasteiger partial charge in [-0.3, -0.25) is 5.32 Å². The lowest BCUT2D eigenvalue weighted by Crippen LogP contribution is -2.42. The molecule has 0 aromatic heterocycles. The second-order valence-electron chi connectivity index (χ2n) is 3.32. The number of β-amino-alcohol motifs (C(OH)–C–C–N with tert-alkyl or cyclic N) is 1. The second-order valence-corrected chi connectivity index (χ2v) is 3.32. The summed E-state index contributed by atoms with van der Waals surface area (Å²) in [4.78, 5) is 0. The SMILES string of the molecule is C#CC(C)(C)NCC(O)CCO. The van der Waals surface area contributed by atoms with Crippen molar-refractivity contribution >= 4 is 0 Å². The van der Waals surface area contributed by atoms with E-state index in [0.717, 1.165) is 0 Å². The lowest BCUT2D eigenvalue weighted by atomic mass is 10.1. The average molecular weight is 171 g/mol. The van der Waals surface area contributed by atoms with E-state index in [4.69, 9.17) is 11.5 Å². The topological polar surface area (TPSA) is 52.5 Å². The van der Waals surface area contributed by atoms with Crippen LogP contribution in [-0.4, -0.2) is 35.0 Å². The standard InChI is InChI=1S/C9H17NO2/c1-4-9(2,3)10-7-8(12)5-6-11/h1,8,10-12H,5-7H2,2-3H3. The summed E-state index contributed by atoms with van der Waals surface area (Å²) in [5, 5.41) is 20.7. The Morgan fingerprint density at radius 3 is 2.58 bits per heavy atom. The molecule has 3 nitrogen and oxygen atoms in total. The van der Waals surface area contributed by atoms with E-state index in [1.54, 1.807) is 0 Å². The van der Waals surface area contributed by atoms with E-state index in [1.807, 2.05) is 13.8 Å². The van der Waals surface area contributed by atoms with Crippen molar-refractivity contribution in [3.63, 3.8) is 0 Å². The summed E-state index contributed by atoms with van der Waals surface area (Å²) in [7, 11) is 0. The first kappa shape index (κ1) is 11.4. The van der Waals surface area contributed by atoms with E-state index >= 15 is 0 Å². The molecule has 0 saturated heterocycles. The molecule has 0 rings (SSSR count). The minimum atomic E-state index is -0.525. The Bertz CT molecular complexity index is 160. The lowest BCUT2D eigenvalue weighted by molar-refractivity contribution is 0.126. The molecule has 1 atom stereocenters. The first-order chi connectivity index (χ1) is 5.52. The van der Waals surface area contributed by atoms with Crippen molar-refractivity contribution in [2.24, 2.45) is 0 Å². The summed E-state index contributed by atoms with van der Waals surface area (Å²) < 4.78 is 0. The first-order valence-electron chi connectivity index (χ1n) is 4.03. The van der Waals surface area contributed by atoms with Gasteiger partial charge in [-0.2, -0.15) is 0 Å². The van der Waals surface area contributed by atoms with Crippen LogP contribution in [0.3, 0.4) is 0 Å². The molecule has 3 heteroatoms. The average Bonchev–Trinajstić information content (AvgIpc) is 2.02. The van der Waals surface area contributed by atoms with Crippen LogP contribution >= 0.6 is 0 Å². The van der Waals surface area contributed by atoms with Gasteiger partial charge in [0.1, 0.15) is 0 Å². The van der Waals surface area contributed by atoms with Gasteiger partial charge in [-0.15, -0.1) is 6.42 Å². The Kier molecular flexibility index (Phi) is 4.91. The fraction of sp³-hybridized carbons (Fsp3) is 0.778. The number of rotatable bonds is 5. The zero-order chi connectivity index (χ0) is 9.61. The van der Waals surface area contributed by atoms with Crippen LogP contribution in [0.4, 0.5) is 0 Å². The van der Waals surface area contributed by atoms with Crippen LogP contribution in [0.25, 0.3) is 0 Å². The van der Waals surface area contributed by atoms with Gasteiger partial charge in [-0.05, 0) is 20.3 Å². The molecule has 0 saturated carbocycles. The van der Waals surface area contributed by atoms with Crippen LogP contribution in [-0.2, 0) is 0 Å². The largest absolute Gasteiger partial charge is 0.396 e. The highest BCUT2D eigenvalue weighted by molar-refractivity contribution is 5.07. The molecule has 0 aliphatic heterocycles. The molecule has 12 heavy (non-hydrogen) atoms. The van der Waals surface area contributed by atoms with Crippen molar-refractivity contribution in [3.8, 4) is 12.3 Å². The second kappa shape index (κ2) is 5.15. The lowest BCUT2D eigenvalue weighted by Gasteiger charge is -2.21. The quantitative estimate of drug-likeness (QED) is 0.499. The van der Waals surface area contributed by atoms with E-state index in [0.29, 0.717) is 13.0 Å². The molecule has 0 fully saturated rings. The highest BCUT2D eigenvalue weighted by Crippen LogP contribution is 1.99. The minimum Gasteiger partial charge on any atom is -0.396 e. The zero-order valence-electron chi connectivity index (χ0n) is 7.67. The third-order valence-corrected chi connectivity index (χ3v) is 1.60. The van der Waals surface area contributed by atoms with Crippen molar-refractivity contribution in [2.45, 2.75) is 31.9 Å². The molecule has 0 bridgehead atoms. The molecule has 1 unspecified atom stereocenters. The van der Waals surface area contributed by atoms with Gasteiger partial charge in [0.15, 0.2) is 0 Å². The maximum atomic E-state index is 9.22. The molecule has 0 aromatic rings. The maximum Gasteiger partial charge on any atom is 0.0742 e. The Morgan fingerprint density at radius 1 is 1.58 bits per heavy atom. The van der Waals surface area contributed by atoms with Gasteiger partial charge in [0.2, 0.25) is 0 Å². The third-order valence-electron chi connectivity index (χ3n) is 1.60. The fourth-order valence-corrected chi connectivity index (χ4v) is 0.675. The first-order valence-corrected chi connectivity index (χ1v) is 4.03. The van der Waals surface area contributed by atoms with Crippen LogP contribution in [0, 0.1) is 12.3 Å². The Morgan fingerprint density at radius 2 is 2.17 bits per heavy atom. The monoisotopic (exact) mass is 171 g/mol. The predicted molar refractivity (Wildman–Crippen MR) is 48.6 cm³/mol. The molecule has 0 spiro atoms. The summed E-state index contributed by atoms with van der Waals surface area (Å²) in [6.07, 6.45) is 5.08. The molecule has 0 aromatic carbocycles. The Hall–Kier alpha value is -0.560. The number of aliphatic hydroxyl groups excluding tert-OH is 2. The van der Waals surface area contributed by atoms with E-state index in [-0.39, 0.29) is 6.61 Å². The number of nitrogens with one attached hydrogen (secondary N) is 1. The minimum absolute atomic E-state index is 0.000666. The summed E-state index contributed by atoms with van der Waals surface area (Å²) in [6.45, 7) is 4.13. The van der Waals surface area contributed by atoms with Crippen LogP contribution in [0.1, 0.15) is 20.3 Å². The van der Waals surface area contributed by atoms with Crippen molar-refractivity contribution in [3.05, 3.63) is 0 Å². The van der Waals surface area contributed by atoms with Crippen LogP contribution in [0.5, 0.6) is 0 Å². The summed E-state index contributed by atoms with van der Waals surface area (Å²) in [5.41, 5.74) is -0.392. The van der Waals surface area contributed by atoms with Gasteiger partial charge in [-0.1, -0.05) is 5.92 Å². The highest BCUT2D eigenvalue weighted by Gasteiger charge is 2.14. The van der Waals surface area contributed by atoms with Crippen molar-refractivity contribution in [1.82, 2.24) is 5.32 Å². The van der Waals surface area contributed by atoms with Crippen LogP contribution < -0.4 is 5.32 Å². The van der Waals surface area contributed by atoms with Crippen molar-refractivity contribution in [1.29, 1.82) is 0 Å². The number of terminal acetylenes is 1. The van der Waals surface area contributed by atoms with Gasteiger partial charge in [0.05, 0.1) is 11.6 Å². The number of hydrogen-bond acceptors (Lipinski definition) is 3. The molecule has 0 aliphatic carbocycles. The van der Waals surface area contributed by atoms with Crippen LogP contribution in [0.2, 0.25) is 0 Å². The van der Waals surface area contributed by atoms with Crippen LogP contribution in [0.15, 0.2) is 0 Å². The van der Waals surface area contributed by atoms with E-state index in [9.17, 15) is 5.11 Å². The summed E-state index contributed by atoms with van der Waals surface area (Å²) in [5.74, 6) is 2.55. The molecule has 0 heterocycles.